The summed E-state index contributed by atoms with van der Waals surface area (Å²) in [7, 11) is 0. The molecule has 0 saturated heterocycles. The second-order valence-corrected chi connectivity index (χ2v) is 3.01. The lowest BCUT2D eigenvalue weighted by molar-refractivity contribution is 0.0573. The van der Waals surface area contributed by atoms with Gasteiger partial charge in [0.1, 0.15) is 0 Å². The van der Waals surface area contributed by atoms with Crippen LogP contribution in [0.3, 0.4) is 0 Å². The molecule has 3 heteroatoms. The summed E-state index contributed by atoms with van der Waals surface area (Å²) >= 11 is 0. The number of hydrogen-bond acceptors (Lipinski definition) is 2. The second kappa shape index (κ2) is 4.65. The van der Waals surface area contributed by atoms with E-state index in [0.717, 1.165) is 18.8 Å². The van der Waals surface area contributed by atoms with Gasteiger partial charge >= 0.3 is 5.97 Å². The van der Waals surface area contributed by atoms with E-state index in [0.29, 0.717) is 0 Å². The minimum Gasteiger partial charge on any atom is -0.372 e. The van der Waals surface area contributed by atoms with Crippen LogP contribution in [-0.2, 0) is 5.11 Å². The van der Waals surface area contributed by atoms with Crippen molar-refractivity contribution >= 4 is 11.7 Å². The van der Waals surface area contributed by atoms with E-state index in [1.165, 1.54) is 0 Å². The average Bonchev–Trinajstić information content (AvgIpc) is 2.20. The molecule has 0 heterocycles. The summed E-state index contributed by atoms with van der Waals surface area (Å²) < 4.78 is 0. The number of anilines is 1. The number of rotatable bonds is 4. The van der Waals surface area contributed by atoms with E-state index in [1.807, 2.05) is 19.9 Å². The van der Waals surface area contributed by atoms with Gasteiger partial charge in [-0.25, -0.2) is 9.90 Å². The number of benzene rings is 1. The Bertz CT molecular complexity index is 319. The fourth-order valence-electron chi connectivity index (χ4n) is 1.42. The van der Waals surface area contributed by atoms with Gasteiger partial charge in [0, 0.05) is 18.8 Å². The van der Waals surface area contributed by atoms with Gasteiger partial charge < -0.3 is 4.90 Å². The molecule has 1 radical (unpaired) electrons. The molecule has 0 atom stereocenters. The van der Waals surface area contributed by atoms with E-state index < -0.39 is 5.97 Å². The van der Waals surface area contributed by atoms with E-state index in [2.05, 4.69) is 4.90 Å². The van der Waals surface area contributed by atoms with Crippen molar-refractivity contribution in [2.45, 2.75) is 13.8 Å². The van der Waals surface area contributed by atoms with Crippen LogP contribution >= 0.6 is 0 Å². The summed E-state index contributed by atoms with van der Waals surface area (Å²) in [5, 5.41) is 10.6. The van der Waals surface area contributed by atoms with Crippen molar-refractivity contribution in [1.29, 1.82) is 0 Å². The first-order chi connectivity index (χ1) is 6.69. The standard InChI is InChI=1S/C11H14NO2/c1-3-12(4-2)10-7-5-6-9(8-10)11(13)14/h5-8H,3-4H2,1-2H3. The number of carbonyl (C=O) groups is 1. The molecule has 0 amide bonds. The summed E-state index contributed by atoms with van der Waals surface area (Å²) in [6, 6.07) is 6.82. The molecule has 0 aliphatic heterocycles. The van der Waals surface area contributed by atoms with E-state index in [1.54, 1.807) is 18.2 Å². The highest BCUT2D eigenvalue weighted by Gasteiger charge is 2.07. The molecule has 0 fully saturated rings. The molecule has 0 saturated carbocycles. The van der Waals surface area contributed by atoms with Crippen LogP contribution in [0.2, 0.25) is 0 Å². The van der Waals surface area contributed by atoms with Crippen molar-refractivity contribution in [2.24, 2.45) is 0 Å². The van der Waals surface area contributed by atoms with Crippen LogP contribution in [-0.4, -0.2) is 19.1 Å². The van der Waals surface area contributed by atoms with Crippen molar-refractivity contribution in [3.8, 4) is 0 Å². The molecule has 1 aromatic rings. The van der Waals surface area contributed by atoms with Crippen molar-refractivity contribution < 1.29 is 9.90 Å². The molecular formula is C11H14NO2. The zero-order chi connectivity index (χ0) is 10.6. The topological polar surface area (TPSA) is 40.2 Å². The highest BCUT2D eigenvalue weighted by atomic mass is 16.4. The normalized spacial score (nSPS) is 9.86. The van der Waals surface area contributed by atoms with Gasteiger partial charge in [-0.1, -0.05) is 6.07 Å². The van der Waals surface area contributed by atoms with Gasteiger partial charge in [-0.05, 0) is 32.0 Å². The smallest absolute Gasteiger partial charge is 0.372 e. The highest BCUT2D eigenvalue weighted by Crippen LogP contribution is 2.15. The van der Waals surface area contributed by atoms with Gasteiger partial charge in [-0.3, -0.25) is 0 Å². The molecule has 0 aromatic heterocycles. The predicted octanol–water partition coefficient (Wildman–Crippen LogP) is 2.10. The fraction of sp³-hybridized carbons (Fsp3) is 0.364. The van der Waals surface area contributed by atoms with Crippen molar-refractivity contribution in [3.63, 3.8) is 0 Å². The maximum absolute atomic E-state index is 10.6. The Hall–Kier alpha value is -1.51. The number of carbonyl (C=O) groups excluding carboxylic acids is 1. The Morgan fingerprint density at radius 2 is 1.93 bits per heavy atom. The largest absolute Gasteiger partial charge is 0.386 e. The van der Waals surface area contributed by atoms with Crippen LogP contribution in [0, 0.1) is 0 Å². The molecule has 1 aromatic carbocycles. The van der Waals surface area contributed by atoms with Crippen molar-refractivity contribution in [3.05, 3.63) is 29.8 Å². The quantitative estimate of drug-likeness (QED) is 0.733. The molecule has 0 unspecified atom stereocenters. The maximum Gasteiger partial charge on any atom is 0.386 e. The third-order valence-corrected chi connectivity index (χ3v) is 2.21. The van der Waals surface area contributed by atoms with Crippen LogP contribution in [0.25, 0.3) is 0 Å². The van der Waals surface area contributed by atoms with Gasteiger partial charge in [0.25, 0.3) is 0 Å². The molecule has 0 aliphatic rings. The predicted molar refractivity (Wildman–Crippen MR) is 55.0 cm³/mol. The van der Waals surface area contributed by atoms with Gasteiger partial charge in [0.05, 0.1) is 5.56 Å². The van der Waals surface area contributed by atoms with Gasteiger partial charge in [-0.15, -0.1) is 0 Å². The van der Waals surface area contributed by atoms with Crippen LogP contribution in [0.4, 0.5) is 5.69 Å². The Labute approximate surface area is 84.0 Å². The molecule has 1 rings (SSSR count). The summed E-state index contributed by atoms with van der Waals surface area (Å²) in [5.41, 5.74) is 1.16. The summed E-state index contributed by atoms with van der Waals surface area (Å²) in [4.78, 5) is 12.7. The first-order valence-electron chi connectivity index (χ1n) is 4.75. The van der Waals surface area contributed by atoms with Crippen molar-refractivity contribution in [1.82, 2.24) is 0 Å². The SMILES string of the molecule is CCN(CC)c1cccc(C([O])=O)c1. The van der Waals surface area contributed by atoms with Crippen molar-refractivity contribution in [2.75, 3.05) is 18.0 Å². The van der Waals surface area contributed by atoms with E-state index in [-0.39, 0.29) is 5.56 Å². The summed E-state index contributed by atoms with van der Waals surface area (Å²) in [6.45, 7) is 5.81. The fourth-order valence-corrected chi connectivity index (χ4v) is 1.42. The monoisotopic (exact) mass is 192 g/mol. The lowest BCUT2D eigenvalue weighted by Gasteiger charge is -2.20. The Morgan fingerprint density at radius 1 is 1.29 bits per heavy atom. The Kier molecular flexibility index (Phi) is 3.51. The van der Waals surface area contributed by atoms with E-state index in [9.17, 15) is 9.90 Å². The average molecular weight is 192 g/mol. The third-order valence-electron chi connectivity index (χ3n) is 2.21. The molecule has 3 nitrogen and oxygen atoms in total. The van der Waals surface area contributed by atoms with Crippen LogP contribution in [0.15, 0.2) is 24.3 Å². The van der Waals surface area contributed by atoms with Gasteiger partial charge in [0.15, 0.2) is 0 Å². The molecular weight excluding hydrogens is 178 g/mol. The van der Waals surface area contributed by atoms with Crippen LogP contribution in [0.5, 0.6) is 0 Å². The van der Waals surface area contributed by atoms with Crippen LogP contribution < -0.4 is 4.90 Å². The minimum atomic E-state index is -1.13. The Balaban J connectivity index is 2.98. The summed E-state index contributed by atoms with van der Waals surface area (Å²) in [5.74, 6) is -1.13. The van der Waals surface area contributed by atoms with E-state index in [4.69, 9.17) is 0 Å². The first kappa shape index (κ1) is 10.6. The molecule has 75 valence electrons. The zero-order valence-electron chi connectivity index (χ0n) is 8.49. The molecule has 0 aliphatic carbocycles. The number of hydrogen-bond donors (Lipinski definition) is 0. The van der Waals surface area contributed by atoms with Crippen LogP contribution in [0.1, 0.15) is 24.2 Å². The third kappa shape index (κ3) is 2.25. The first-order valence-corrected chi connectivity index (χ1v) is 4.75. The molecule has 0 bridgehead atoms. The Morgan fingerprint density at radius 3 is 2.43 bits per heavy atom. The van der Waals surface area contributed by atoms with E-state index >= 15 is 0 Å². The number of nitrogens with zero attached hydrogens (tertiary/aromatic N) is 1. The highest BCUT2D eigenvalue weighted by molar-refractivity contribution is 5.88. The van der Waals surface area contributed by atoms with Gasteiger partial charge in [-0.2, -0.15) is 0 Å². The lowest BCUT2D eigenvalue weighted by Crippen LogP contribution is -2.21. The van der Waals surface area contributed by atoms with Gasteiger partial charge in [0.2, 0.25) is 0 Å². The minimum absolute atomic E-state index is 0.231. The lowest BCUT2D eigenvalue weighted by atomic mass is 10.2. The molecule has 0 spiro atoms. The summed E-state index contributed by atoms with van der Waals surface area (Å²) in [6.07, 6.45) is 0. The zero-order valence-corrected chi connectivity index (χ0v) is 8.49. The molecule has 14 heavy (non-hydrogen) atoms. The second-order valence-electron chi connectivity index (χ2n) is 3.01. The molecule has 0 N–H and O–H groups in total. The maximum atomic E-state index is 10.6.